The molecule has 1 aliphatic heterocycles. The van der Waals surface area contributed by atoms with E-state index in [0.717, 1.165) is 37.2 Å². The van der Waals surface area contributed by atoms with Crippen molar-refractivity contribution in [3.63, 3.8) is 0 Å². The van der Waals surface area contributed by atoms with Gasteiger partial charge in [-0.25, -0.2) is 9.18 Å². The van der Waals surface area contributed by atoms with Crippen molar-refractivity contribution in [2.45, 2.75) is 38.0 Å². The van der Waals surface area contributed by atoms with Crippen LogP contribution in [0.15, 0.2) is 72.8 Å². The molecule has 2 unspecified atom stereocenters. The SMILES string of the molecule is COC(=O)COc1cccc(CNC2CNCCC2c2ccc(OCCCOCc3ccccc3F)cc2)c1. The molecule has 4 rings (SSSR count). The summed E-state index contributed by atoms with van der Waals surface area (Å²) in [6, 6.07) is 23.0. The predicted molar refractivity (Wildman–Crippen MR) is 147 cm³/mol. The molecule has 1 fully saturated rings. The Morgan fingerprint density at radius 3 is 2.67 bits per heavy atom. The lowest BCUT2D eigenvalue weighted by Crippen LogP contribution is -2.47. The van der Waals surface area contributed by atoms with E-state index in [0.29, 0.717) is 37.0 Å². The lowest BCUT2D eigenvalue weighted by atomic mass is 9.86. The van der Waals surface area contributed by atoms with Crippen molar-refractivity contribution in [1.29, 1.82) is 0 Å². The number of hydrogen-bond acceptors (Lipinski definition) is 7. The molecule has 1 aliphatic rings. The molecule has 0 bridgehead atoms. The Hall–Kier alpha value is -3.46. The molecule has 2 atom stereocenters. The fourth-order valence-corrected chi connectivity index (χ4v) is 4.63. The molecule has 208 valence electrons. The van der Waals surface area contributed by atoms with Crippen LogP contribution in [0.3, 0.4) is 0 Å². The van der Waals surface area contributed by atoms with E-state index in [-0.39, 0.29) is 25.1 Å². The fraction of sp³-hybridized carbons (Fsp3) is 0.387. The van der Waals surface area contributed by atoms with Crippen molar-refractivity contribution in [2.24, 2.45) is 0 Å². The Kier molecular flexibility index (Phi) is 11.1. The van der Waals surface area contributed by atoms with Gasteiger partial charge in [0.2, 0.25) is 0 Å². The van der Waals surface area contributed by atoms with Gasteiger partial charge >= 0.3 is 5.97 Å². The van der Waals surface area contributed by atoms with Crippen LogP contribution in [0.1, 0.15) is 35.4 Å². The van der Waals surface area contributed by atoms with E-state index < -0.39 is 5.97 Å². The zero-order valence-electron chi connectivity index (χ0n) is 22.4. The average molecular weight is 537 g/mol. The van der Waals surface area contributed by atoms with Crippen LogP contribution in [0.5, 0.6) is 11.5 Å². The molecule has 3 aromatic carbocycles. The van der Waals surface area contributed by atoms with Crippen molar-refractivity contribution in [2.75, 3.05) is 40.0 Å². The molecular formula is C31H37FN2O5. The number of rotatable bonds is 14. The Bertz CT molecular complexity index is 1170. The number of methoxy groups -OCH3 is 1. The lowest BCUT2D eigenvalue weighted by Gasteiger charge is -2.33. The van der Waals surface area contributed by atoms with Crippen molar-refractivity contribution >= 4 is 5.97 Å². The van der Waals surface area contributed by atoms with Crippen LogP contribution in [0, 0.1) is 5.82 Å². The van der Waals surface area contributed by atoms with Gasteiger partial charge in [-0.05, 0) is 54.4 Å². The van der Waals surface area contributed by atoms with E-state index >= 15 is 0 Å². The summed E-state index contributed by atoms with van der Waals surface area (Å²) in [5.41, 5.74) is 2.94. The topological polar surface area (TPSA) is 78.1 Å². The van der Waals surface area contributed by atoms with E-state index in [9.17, 15) is 9.18 Å². The predicted octanol–water partition coefficient (Wildman–Crippen LogP) is 4.60. The van der Waals surface area contributed by atoms with Gasteiger partial charge in [-0.1, -0.05) is 42.5 Å². The summed E-state index contributed by atoms with van der Waals surface area (Å²) >= 11 is 0. The molecule has 2 N–H and O–H groups in total. The number of hydrogen-bond donors (Lipinski definition) is 2. The average Bonchev–Trinajstić information content (AvgIpc) is 2.98. The highest BCUT2D eigenvalue weighted by Crippen LogP contribution is 2.28. The number of esters is 1. The molecule has 0 amide bonds. The Labute approximate surface area is 229 Å². The number of nitrogens with one attached hydrogen (secondary N) is 2. The second-order valence-corrected chi connectivity index (χ2v) is 9.51. The molecule has 3 aromatic rings. The van der Waals surface area contributed by atoms with Gasteiger partial charge in [0.05, 0.1) is 26.9 Å². The number of carbonyl (C=O) groups excluding carboxylic acids is 1. The summed E-state index contributed by atoms with van der Waals surface area (Å²) in [5.74, 6) is 1.21. The quantitative estimate of drug-likeness (QED) is 0.230. The lowest BCUT2D eigenvalue weighted by molar-refractivity contribution is -0.142. The molecule has 0 spiro atoms. The van der Waals surface area contributed by atoms with Gasteiger partial charge in [-0.3, -0.25) is 0 Å². The third kappa shape index (κ3) is 9.06. The first-order valence-electron chi connectivity index (χ1n) is 13.4. The minimum absolute atomic E-state index is 0.106. The summed E-state index contributed by atoms with van der Waals surface area (Å²) in [6.45, 7) is 3.76. The highest BCUT2D eigenvalue weighted by atomic mass is 19.1. The first kappa shape index (κ1) is 28.5. The van der Waals surface area contributed by atoms with Gasteiger partial charge in [-0.2, -0.15) is 0 Å². The number of ether oxygens (including phenoxy) is 4. The first-order valence-corrected chi connectivity index (χ1v) is 13.4. The minimum Gasteiger partial charge on any atom is -0.494 e. The van der Waals surface area contributed by atoms with E-state index in [1.165, 1.54) is 18.7 Å². The van der Waals surface area contributed by atoms with Crippen LogP contribution in [0.2, 0.25) is 0 Å². The van der Waals surface area contributed by atoms with Gasteiger partial charge in [-0.15, -0.1) is 0 Å². The number of carbonyl (C=O) groups is 1. The molecule has 0 aromatic heterocycles. The second-order valence-electron chi connectivity index (χ2n) is 9.51. The largest absolute Gasteiger partial charge is 0.494 e. The fourth-order valence-electron chi connectivity index (χ4n) is 4.63. The maximum atomic E-state index is 13.6. The summed E-state index contributed by atoms with van der Waals surface area (Å²) in [5, 5.41) is 7.19. The number of piperidine rings is 1. The first-order chi connectivity index (χ1) is 19.1. The molecule has 0 radical (unpaired) electrons. The van der Waals surface area contributed by atoms with E-state index in [1.54, 1.807) is 12.1 Å². The Balaban J connectivity index is 1.21. The monoisotopic (exact) mass is 536 g/mol. The molecule has 8 heteroatoms. The zero-order valence-corrected chi connectivity index (χ0v) is 22.4. The van der Waals surface area contributed by atoms with Crippen molar-refractivity contribution in [3.05, 3.63) is 95.3 Å². The molecule has 0 saturated carbocycles. The van der Waals surface area contributed by atoms with Crippen LogP contribution in [-0.4, -0.2) is 52.0 Å². The normalized spacial score (nSPS) is 17.0. The summed E-state index contributed by atoms with van der Waals surface area (Å²) < 4.78 is 35.3. The Morgan fingerprint density at radius 1 is 1.00 bits per heavy atom. The van der Waals surface area contributed by atoms with E-state index in [2.05, 4.69) is 27.5 Å². The summed E-state index contributed by atoms with van der Waals surface area (Å²) in [7, 11) is 1.34. The molecular weight excluding hydrogens is 499 g/mol. The summed E-state index contributed by atoms with van der Waals surface area (Å²) in [6.07, 6.45) is 1.77. The minimum atomic E-state index is -0.406. The number of halogens is 1. The van der Waals surface area contributed by atoms with E-state index in [4.69, 9.17) is 14.2 Å². The second kappa shape index (κ2) is 15.2. The van der Waals surface area contributed by atoms with E-state index in [1.807, 2.05) is 42.5 Å². The van der Waals surface area contributed by atoms with Crippen molar-refractivity contribution in [3.8, 4) is 11.5 Å². The highest BCUT2D eigenvalue weighted by molar-refractivity contribution is 5.70. The van der Waals surface area contributed by atoms with Crippen LogP contribution >= 0.6 is 0 Å². The molecule has 7 nitrogen and oxygen atoms in total. The summed E-state index contributed by atoms with van der Waals surface area (Å²) in [4.78, 5) is 11.3. The van der Waals surface area contributed by atoms with Crippen molar-refractivity contribution in [1.82, 2.24) is 10.6 Å². The maximum absolute atomic E-state index is 13.6. The zero-order chi connectivity index (χ0) is 27.3. The highest BCUT2D eigenvalue weighted by Gasteiger charge is 2.26. The van der Waals surface area contributed by atoms with Gasteiger partial charge < -0.3 is 29.6 Å². The van der Waals surface area contributed by atoms with Crippen LogP contribution in [0.4, 0.5) is 4.39 Å². The van der Waals surface area contributed by atoms with Gasteiger partial charge in [0.25, 0.3) is 0 Å². The van der Waals surface area contributed by atoms with Gasteiger partial charge in [0, 0.05) is 37.0 Å². The third-order valence-corrected chi connectivity index (χ3v) is 6.76. The van der Waals surface area contributed by atoms with Gasteiger partial charge in [0.1, 0.15) is 17.3 Å². The molecule has 1 heterocycles. The van der Waals surface area contributed by atoms with Crippen LogP contribution < -0.4 is 20.1 Å². The van der Waals surface area contributed by atoms with Crippen molar-refractivity contribution < 1.29 is 28.1 Å². The smallest absolute Gasteiger partial charge is 0.343 e. The third-order valence-electron chi connectivity index (χ3n) is 6.76. The Morgan fingerprint density at radius 2 is 1.85 bits per heavy atom. The van der Waals surface area contributed by atoms with Crippen LogP contribution in [0.25, 0.3) is 0 Å². The molecule has 1 saturated heterocycles. The number of benzene rings is 3. The molecule has 39 heavy (non-hydrogen) atoms. The van der Waals surface area contributed by atoms with Crippen LogP contribution in [-0.2, 0) is 27.4 Å². The standard InChI is InChI=1S/C31H37FN2O5/c1-36-31(35)22-39-27-8-4-6-23(18-27)19-34-30-20-33-15-14-28(30)24-10-12-26(13-11-24)38-17-5-16-37-21-25-7-2-3-9-29(25)32/h2-4,6-13,18,28,30,33-34H,5,14-17,19-22H2,1H3. The molecule has 0 aliphatic carbocycles. The maximum Gasteiger partial charge on any atom is 0.343 e. The van der Waals surface area contributed by atoms with Gasteiger partial charge in [0.15, 0.2) is 6.61 Å².